The molecule has 1 atom stereocenters. The quantitative estimate of drug-likeness (QED) is 0.751. The molecule has 0 spiro atoms. The summed E-state index contributed by atoms with van der Waals surface area (Å²) in [5.74, 6) is 0. The van der Waals surface area contributed by atoms with Gasteiger partial charge in [0.25, 0.3) is 0 Å². The Hall–Kier alpha value is -0.120. The maximum Gasteiger partial charge on any atom is 0.0480 e. The molecule has 1 unspecified atom stereocenters. The van der Waals surface area contributed by atoms with Crippen molar-refractivity contribution in [3.63, 3.8) is 0 Å². The Bertz CT molecular complexity index is 179. The molecule has 0 aromatic rings. The molecule has 1 heterocycles. The summed E-state index contributed by atoms with van der Waals surface area (Å²) in [4.78, 5) is 2.53. The largest absolute Gasteiger partial charge is 0.381 e. The zero-order chi connectivity index (χ0) is 12.0. The van der Waals surface area contributed by atoms with E-state index in [1.807, 2.05) is 0 Å². The SMILES string of the molecule is CC(C)NCCC(C)N(C)C1CCOCC1. The van der Waals surface area contributed by atoms with Crippen LogP contribution in [-0.2, 0) is 4.74 Å². The minimum absolute atomic E-state index is 0.598. The Morgan fingerprint density at radius 1 is 1.25 bits per heavy atom. The second kappa shape index (κ2) is 7.25. The summed E-state index contributed by atoms with van der Waals surface area (Å²) in [5.41, 5.74) is 0. The van der Waals surface area contributed by atoms with Crippen LogP contribution in [0.5, 0.6) is 0 Å². The van der Waals surface area contributed by atoms with E-state index in [-0.39, 0.29) is 0 Å². The molecule has 0 amide bonds. The fraction of sp³-hybridized carbons (Fsp3) is 1.00. The molecule has 1 aliphatic rings. The lowest BCUT2D eigenvalue weighted by Gasteiger charge is -2.35. The summed E-state index contributed by atoms with van der Waals surface area (Å²) in [6, 6.07) is 1.98. The Kier molecular flexibility index (Phi) is 6.32. The lowest BCUT2D eigenvalue weighted by Crippen LogP contribution is -2.43. The van der Waals surface area contributed by atoms with Crippen molar-refractivity contribution < 1.29 is 4.74 Å². The standard InChI is InChI=1S/C13H28N2O/c1-11(2)14-8-5-12(3)15(4)13-6-9-16-10-7-13/h11-14H,5-10H2,1-4H3. The second-order valence-electron chi connectivity index (χ2n) is 5.26. The summed E-state index contributed by atoms with van der Waals surface area (Å²) in [7, 11) is 2.26. The van der Waals surface area contributed by atoms with Crippen LogP contribution in [0.4, 0.5) is 0 Å². The van der Waals surface area contributed by atoms with E-state index in [1.54, 1.807) is 0 Å². The third-order valence-electron chi connectivity index (χ3n) is 3.58. The highest BCUT2D eigenvalue weighted by Gasteiger charge is 2.21. The molecule has 0 saturated carbocycles. The lowest BCUT2D eigenvalue weighted by atomic mass is 10.0. The van der Waals surface area contributed by atoms with Crippen LogP contribution >= 0.6 is 0 Å². The van der Waals surface area contributed by atoms with Crippen LogP contribution in [0.25, 0.3) is 0 Å². The van der Waals surface area contributed by atoms with Crippen molar-refractivity contribution in [2.45, 2.75) is 58.2 Å². The van der Waals surface area contributed by atoms with E-state index < -0.39 is 0 Å². The summed E-state index contributed by atoms with van der Waals surface area (Å²) in [6.07, 6.45) is 3.61. The maximum absolute atomic E-state index is 5.40. The zero-order valence-corrected chi connectivity index (χ0v) is 11.3. The van der Waals surface area contributed by atoms with Gasteiger partial charge in [0, 0.05) is 31.3 Å². The zero-order valence-electron chi connectivity index (χ0n) is 11.3. The van der Waals surface area contributed by atoms with Gasteiger partial charge in [0.05, 0.1) is 0 Å². The van der Waals surface area contributed by atoms with E-state index in [0.29, 0.717) is 12.1 Å². The van der Waals surface area contributed by atoms with Crippen molar-refractivity contribution in [1.29, 1.82) is 0 Å². The molecule has 1 aliphatic heterocycles. The summed E-state index contributed by atoms with van der Waals surface area (Å²) in [6.45, 7) is 9.72. The first-order chi connectivity index (χ1) is 7.61. The van der Waals surface area contributed by atoms with Gasteiger partial charge in [-0.25, -0.2) is 0 Å². The fourth-order valence-corrected chi connectivity index (χ4v) is 2.24. The highest BCUT2D eigenvalue weighted by molar-refractivity contribution is 4.76. The van der Waals surface area contributed by atoms with Crippen LogP contribution in [0.1, 0.15) is 40.0 Å². The van der Waals surface area contributed by atoms with Gasteiger partial charge in [-0.3, -0.25) is 0 Å². The Morgan fingerprint density at radius 2 is 1.88 bits per heavy atom. The molecule has 1 N–H and O–H groups in total. The molecule has 1 saturated heterocycles. The first kappa shape index (κ1) is 13.9. The second-order valence-corrected chi connectivity index (χ2v) is 5.26. The average molecular weight is 228 g/mol. The monoisotopic (exact) mass is 228 g/mol. The predicted octanol–water partition coefficient (Wildman–Crippen LogP) is 1.87. The maximum atomic E-state index is 5.40. The number of rotatable bonds is 6. The molecular weight excluding hydrogens is 200 g/mol. The Labute approximate surface area is 101 Å². The Balaban J connectivity index is 2.20. The molecule has 96 valence electrons. The van der Waals surface area contributed by atoms with Crippen molar-refractivity contribution in [1.82, 2.24) is 10.2 Å². The summed E-state index contributed by atoms with van der Waals surface area (Å²) < 4.78 is 5.40. The molecule has 3 heteroatoms. The van der Waals surface area contributed by atoms with Crippen LogP contribution in [-0.4, -0.2) is 49.8 Å². The van der Waals surface area contributed by atoms with E-state index >= 15 is 0 Å². The third-order valence-corrected chi connectivity index (χ3v) is 3.58. The minimum Gasteiger partial charge on any atom is -0.381 e. The topological polar surface area (TPSA) is 24.5 Å². The van der Waals surface area contributed by atoms with E-state index in [2.05, 4.69) is 38.0 Å². The molecule has 0 radical (unpaired) electrons. The molecule has 0 aromatic carbocycles. The first-order valence-electron chi connectivity index (χ1n) is 6.64. The van der Waals surface area contributed by atoms with Crippen LogP contribution in [0.15, 0.2) is 0 Å². The van der Waals surface area contributed by atoms with Gasteiger partial charge in [-0.05, 0) is 39.8 Å². The fourth-order valence-electron chi connectivity index (χ4n) is 2.24. The van der Waals surface area contributed by atoms with Crippen LogP contribution in [0.3, 0.4) is 0 Å². The average Bonchev–Trinajstić information content (AvgIpc) is 2.28. The normalized spacial score (nSPS) is 20.6. The van der Waals surface area contributed by atoms with E-state index in [0.717, 1.165) is 25.8 Å². The third kappa shape index (κ3) is 4.81. The molecule has 16 heavy (non-hydrogen) atoms. The number of hydrogen-bond donors (Lipinski definition) is 1. The molecule has 3 nitrogen and oxygen atoms in total. The van der Waals surface area contributed by atoms with Gasteiger partial charge in [-0.15, -0.1) is 0 Å². The van der Waals surface area contributed by atoms with Gasteiger partial charge >= 0.3 is 0 Å². The number of nitrogens with one attached hydrogen (secondary N) is 1. The van der Waals surface area contributed by atoms with Crippen molar-refractivity contribution in [2.24, 2.45) is 0 Å². The molecule has 1 rings (SSSR count). The van der Waals surface area contributed by atoms with E-state index in [9.17, 15) is 0 Å². The van der Waals surface area contributed by atoms with Gasteiger partial charge in [-0.1, -0.05) is 13.8 Å². The highest BCUT2D eigenvalue weighted by Crippen LogP contribution is 2.16. The summed E-state index contributed by atoms with van der Waals surface area (Å²) in [5, 5.41) is 3.48. The first-order valence-corrected chi connectivity index (χ1v) is 6.64. The number of hydrogen-bond acceptors (Lipinski definition) is 3. The molecule has 0 aromatic heterocycles. The van der Waals surface area contributed by atoms with Gasteiger partial charge in [-0.2, -0.15) is 0 Å². The van der Waals surface area contributed by atoms with Crippen LogP contribution in [0, 0.1) is 0 Å². The summed E-state index contributed by atoms with van der Waals surface area (Å²) >= 11 is 0. The van der Waals surface area contributed by atoms with Gasteiger partial charge in [0.2, 0.25) is 0 Å². The predicted molar refractivity (Wildman–Crippen MR) is 68.8 cm³/mol. The van der Waals surface area contributed by atoms with Crippen LogP contribution in [0.2, 0.25) is 0 Å². The van der Waals surface area contributed by atoms with Crippen molar-refractivity contribution in [3.05, 3.63) is 0 Å². The van der Waals surface area contributed by atoms with Gasteiger partial charge < -0.3 is 15.0 Å². The lowest BCUT2D eigenvalue weighted by molar-refractivity contribution is 0.0299. The number of ether oxygens (including phenoxy) is 1. The van der Waals surface area contributed by atoms with Crippen molar-refractivity contribution >= 4 is 0 Å². The smallest absolute Gasteiger partial charge is 0.0480 e. The van der Waals surface area contributed by atoms with Crippen molar-refractivity contribution in [3.8, 4) is 0 Å². The van der Waals surface area contributed by atoms with Crippen LogP contribution < -0.4 is 5.32 Å². The molecular formula is C13H28N2O. The molecule has 0 aliphatic carbocycles. The van der Waals surface area contributed by atoms with E-state index in [1.165, 1.54) is 19.3 Å². The Morgan fingerprint density at radius 3 is 2.44 bits per heavy atom. The number of nitrogens with zero attached hydrogens (tertiary/aromatic N) is 1. The molecule has 1 fully saturated rings. The highest BCUT2D eigenvalue weighted by atomic mass is 16.5. The van der Waals surface area contributed by atoms with Gasteiger partial charge in [0.15, 0.2) is 0 Å². The molecule has 0 bridgehead atoms. The van der Waals surface area contributed by atoms with E-state index in [4.69, 9.17) is 4.74 Å². The van der Waals surface area contributed by atoms with Crippen molar-refractivity contribution in [2.75, 3.05) is 26.8 Å². The van der Waals surface area contributed by atoms with Gasteiger partial charge in [0.1, 0.15) is 0 Å². The minimum atomic E-state index is 0.598.